The Morgan fingerprint density at radius 2 is 1.46 bits per heavy atom. The van der Waals surface area contributed by atoms with Crippen LogP contribution >= 0.6 is 0 Å². The summed E-state index contributed by atoms with van der Waals surface area (Å²) in [6, 6.07) is 39.1. The van der Waals surface area contributed by atoms with Crippen LogP contribution in [0.1, 0.15) is 46.6 Å². The fourth-order valence-corrected chi connectivity index (χ4v) is 10.3. The number of benzene rings is 5. The van der Waals surface area contributed by atoms with Crippen molar-refractivity contribution >= 4 is 46.8 Å². The van der Waals surface area contributed by atoms with E-state index in [9.17, 15) is 14.7 Å². The first kappa shape index (κ1) is 39.6. The lowest BCUT2D eigenvalue weighted by Gasteiger charge is -2.55. The van der Waals surface area contributed by atoms with Crippen LogP contribution in [0.2, 0.25) is 0 Å². The predicted octanol–water partition coefficient (Wildman–Crippen LogP) is 8.27. The number of ether oxygens (including phenoxy) is 3. The van der Waals surface area contributed by atoms with E-state index in [0.29, 0.717) is 40.5 Å². The minimum Gasteiger partial charge on any atom is -0.497 e. The number of nitrogens with zero attached hydrogens (tertiary/aromatic N) is 1. The summed E-state index contributed by atoms with van der Waals surface area (Å²) in [6.07, 6.45) is 7.98. The van der Waals surface area contributed by atoms with Crippen LogP contribution < -0.4 is 19.1 Å². The number of imide groups is 1. The van der Waals surface area contributed by atoms with Gasteiger partial charge < -0.3 is 19.3 Å². The van der Waals surface area contributed by atoms with Crippen molar-refractivity contribution in [2.24, 2.45) is 23.7 Å². The molecule has 1 saturated heterocycles. The van der Waals surface area contributed by atoms with Gasteiger partial charge in [-0.05, 0) is 89.6 Å². The van der Waals surface area contributed by atoms with Crippen LogP contribution in [0.4, 0.5) is 5.69 Å². The van der Waals surface area contributed by atoms with Gasteiger partial charge in [0.25, 0.3) is 0 Å². The van der Waals surface area contributed by atoms with Gasteiger partial charge in [0.1, 0.15) is 23.9 Å². The molecule has 0 aromatic heterocycles. The number of fused-ring (bicyclic) bond motifs is 4. The maximum atomic E-state index is 15.3. The van der Waals surface area contributed by atoms with Crippen molar-refractivity contribution in [1.29, 1.82) is 0 Å². The van der Waals surface area contributed by atoms with Gasteiger partial charge in [0.05, 0.1) is 43.8 Å². The summed E-state index contributed by atoms with van der Waals surface area (Å²) in [5.41, 5.74) is 4.25. The number of aliphatic hydroxyl groups is 1. The fraction of sp³-hybridized carbons (Fsp3) is 0.231. The number of ketones is 2. The number of Topliss-reactive ketones (excluding diaryl/α,β-unsaturated/α-hetero) is 1. The van der Waals surface area contributed by atoms with Gasteiger partial charge in [-0.15, -0.1) is 0 Å². The van der Waals surface area contributed by atoms with Crippen LogP contribution in [0.5, 0.6) is 17.2 Å². The minimum absolute atomic E-state index is 0.125. The Bertz CT molecular complexity index is 2600. The van der Waals surface area contributed by atoms with Crippen LogP contribution in [-0.4, -0.2) is 55.9 Å². The maximum absolute atomic E-state index is 15.3. The molecule has 2 amide bonds. The second-order valence-corrected chi connectivity index (χ2v) is 16.0. The van der Waals surface area contributed by atoms with Gasteiger partial charge in [-0.1, -0.05) is 109 Å². The molecule has 1 N–H and O–H groups in total. The topological polar surface area (TPSA) is 119 Å². The molecule has 0 radical (unpaired) electrons. The summed E-state index contributed by atoms with van der Waals surface area (Å²) in [7, 11) is 3.22. The first-order valence-corrected chi connectivity index (χ1v) is 20.6. The number of amides is 2. The molecule has 0 spiro atoms. The number of rotatable bonds is 11. The summed E-state index contributed by atoms with van der Waals surface area (Å²) >= 11 is 0. The van der Waals surface area contributed by atoms with E-state index < -0.39 is 35.0 Å². The largest absolute Gasteiger partial charge is 0.497 e. The molecule has 5 aromatic carbocycles. The summed E-state index contributed by atoms with van der Waals surface area (Å²) < 4.78 is 16.6. The van der Waals surface area contributed by atoms with E-state index in [2.05, 4.69) is 6.08 Å². The highest BCUT2D eigenvalue weighted by molar-refractivity contribution is 6.32. The molecule has 1 saturated carbocycles. The normalized spacial score (nSPS) is 24.4. The molecular weight excluding hydrogens is 767 g/mol. The second kappa shape index (κ2) is 16.3. The van der Waals surface area contributed by atoms with E-state index in [4.69, 9.17) is 14.2 Å². The van der Waals surface area contributed by atoms with Gasteiger partial charge in [-0.25, -0.2) is 0 Å². The molecule has 5 aromatic rings. The Morgan fingerprint density at radius 3 is 2.15 bits per heavy atom. The van der Waals surface area contributed by atoms with Crippen molar-refractivity contribution in [2.45, 2.75) is 24.2 Å². The fourth-order valence-electron chi connectivity index (χ4n) is 10.3. The van der Waals surface area contributed by atoms with Crippen LogP contribution in [0.3, 0.4) is 0 Å². The van der Waals surface area contributed by atoms with E-state index in [0.717, 1.165) is 27.8 Å². The SMILES string of the molecule is COc1ccc(OC)c(C=Cc2ccc(N3C(=O)[C@H]4[C@H](CC=C5[C@H]4C[C@H]4C(=O)C(c6ccccc6)=CC(=O)[C@@]4(c4ccccc4)[C@H]5c4ccc(OCCO)cc4)C3=O)cc2)c1. The standard InChI is InChI=1S/C52H45NO8/c1-59-39-23-26-45(60-2)35(29-39)16-13-32-14-19-37(20-15-32)53-50(57)41-25-24-40-43(47(41)51(53)58)30-44-49(56)42(33-9-5-3-6-10-33)31-46(55)52(44,36-11-7-4-8-12-36)48(40)34-17-21-38(22-18-34)61-28-27-54/h3-24,26,29,31,41,43-44,47-48,54H,25,27-28,30H2,1-2H3/t41-,43+,44-,47-,48-,52-/m0/s1. The Hall–Kier alpha value is -6.84. The number of methoxy groups -OCH3 is 2. The Balaban J connectivity index is 1.12. The molecule has 61 heavy (non-hydrogen) atoms. The number of allylic oxidation sites excluding steroid dienone is 4. The molecule has 9 heteroatoms. The van der Waals surface area contributed by atoms with Gasteiger partial charge in [0, 0.05) is 23.0 Å². The number of hydrogen-bond acceptors (Lipinski definition) is 8. The average Bonchev–Trinajstić information content (AvgIpc) is 3.57. The van der Waals surface area contributed by atoms with Crippen molar-refractivity contribution in [3.8, 4) is 17.2 Å². The molecule has 0 unspecified atom stereocenters. The molecule has 2 fully saturated rings. The summed E-state index contributed by atoms with van der Waals surface area (Å²) in [5.74, 6) is -2.30. The third-order valence-corrected chi connectivity index (χ3v) is 13.0. The van der Waals surface area contributed by atoms with E-state index >= 15 is 9.59 Å². The highest BCUT2D eigenvalue weighted by Gasteiger charge is 2.66. The van der Waals surface area contributed by atoms with Crippen LogP contribution in [0.25, 0.3) is 17.7 Å². The molecule has 4 aliphatic rings. The van der Waals surface area contributed by atoms with Crippen molar-refractivity contribution in [3.05, 3.63) is 173 Å². The first-order valence-electron chi connectivity index (χ1n) is 20.6. The first-order chi connectivity index (χ1) is 29.8. The molecular formula is C52H45NO8. The van der Waals surface area contributed by atoms with Gasteiger partial charge >= 0.3 is 0 Å². The van der Waals surface area contributed by atoms with Crippen molar-refractivity contribution in [3.63, 3.8) is 0 Å². The Morgan fingerprint density at radius 1 is 0.754 bits per heavy atom. The summed E-state index contributed by atoms with van der Waals surface area (Å²) in [6.45, 7) is -0.0162. The highest BCUT2D eigenvalue weighted by atomic mass is 16.5. The predicted molar refractivity (Wildman–Crippen MR) is 233 cm³/mol. The molecule has 6 atom stereocenters. The lowest BCUT2D eigenvalue weighted by atomic mass is 9.44. The van der Waals surface area contributed by atoms with Crippen LogP contribution in [0, 0.1) is 23.7 Å². The van der Waals surface area contributed by atoms with E-state index in [1.54, 1.807) is 26.4 Å². The smallest absolute Gasteiger partial charge is 0.238 e. The lowest BCUT2D eigenvalue weighted by Crippen LogP contribution is -2.58. The highest BCUT2D eigenvalue weighted by Crippen LogP contribution is 2.63. The van der Waals surface area contributed by atoms with Gasteiger partial charge in [-0.2, -0.15) is 0 Å². The third kappa shape index (κ3) is 6.70. The number of hydrogen-bond donors (Lipinski definition) is 1. The average molecular weight is 812 g/mol. The van der Waals surface area contributed by atoms with Crippen molar-refractivity contribution < 1.29 is 38.5 Å². The van der Waals surface area contributed by atoms with Crippen LogP contribution in [-0.2, 0) is 24.6 Å². The summed E-state index contributed by atoms with van der Waals surface area (Å²) in [5, 5.41) is 9.40. The molecule has 1 heterocycles. The van der Waals surface area contributed by atoms with Crippen molar-refractivity contribution in [2.75, 3.05) is 32.3 Å². The van der Waals surface area contributed by atoms with E-state index in [-0.39, 0.29) is 43.0 Å². The van der Waals surface area contributed by atoms with Crippen LogP contribution in [0.15, 0.2) is 145 Å². The maximum Gasteiger partial charge on any atom is 0.238 e. The molecule has 9 nitrogen and oxygen atoms in total. The monoisotopic (exact) mass is 811 g/mol. The third-order valence-electron chi connectivity index (χ3n) is 13.0. The van der Waals surface area contributed by atoms with Gasteiger partial charge in [0.15, 0.2) is 11.6 Å². The lowest BCUT2D eigenvalue weighted by molar-refractivity contribution is -0.135. The van der Waals surface area contributed by atoms with E-state index in [1.165, 1.54) is 11.0 Å². The Kier molecular flexibility index (Phi) is 10.6. The molecule has 0 bridgehead atoms. The van der Waals surface area contributed by atoms with Crippen molar-refractivity contribution in [1.82, 2.24) is 0 Å². The zero-order valence-corrected chi connectivity index (χ0v) is 33.9. The zero-order valence-electron chi connectivity index (χ0n) is 33.9. The number of aliphatic hydroxyl groups excluding tert-OH is 1. The number of carbonyl (C=O) groups excluding carboxylic acids is 4. The zero-order chi connectivity index (χ0) is 42.3. The molecule has 1 aliphatic heterocycles. The van der Waals surface area contributed by atoms with Gasteiger partial charge in [0.2, 0.25) is 11.8 Å². The molecule has 9 rings (SSSR count). The van der Waals surface area contributed by atoms with E-state index in [1.807, 2.05) is 127 Å². The quantitative estimate of drug-likeness (QED) is 0.0805. The number of anilines is 1. The molecule has 306 valence electrons. The minimum atomic E-state index is -1.33. The molecule has 3 aliphatic carbocycles. The Labute approximate surface area is 354 Å². The van der Waals surface area contributed by atoms with Gasteiger partial charge in [-0.3, -0.25) is 24.1 Å². The second-order valence-electron chi connectivity index (χ2n) is 16.0. The summed E-state index contributed by atoms with van der Waals surface area (Å²) in [4.78, 5) is 61.1. The number of carbonyl (C=O) groups is 4.